The number of carboxylic acid groups (broad SMARTS) is 2. The molecule has 4 aromatic carbocycles. The molecule has 1 aliphatic carbocycles. The molecular weight excluding hydrogens is 588 g/mol. The average Bonchev–Trinajstić information content (AvgIpc) is 3.01. The van der Waals surface area contributed by atoms with Crippen molar-refractivity contribution in [2.24, 2.45) is 23.7 Å². The number of hydrogen-bond donors (Lipinski definition) is 2. The quantitative estimate of drug-likeness (QED) is 0.211. The number of ether oxygens (including phenoxy) is 2. The molecule has 2 amide bonds. The molecule has 0 aliphatic heterocycles. The van der Waals surface area contributed by atoms with Gasteiger partial charge in [0.15, 0.2) is 0 Å². The lowest BCUT2D eigenvalue weighted by molar-refractivity contribution is -0.186. The first-order chi connectivity index (χ1) is 22.1. The van der Waals surface area contributed by atoms with Gasteiger partial charge in [-0.15, -0.1) is 0 Å². The third-order valence-corrected chi connectivity index (χ3v) is 8.03. The highest BCUT2D eigenvalue weighted by molar-refractivity contribution is 5.99. The van der Waals surface area contributed by atoms with Gasteiger partial charge >= 0.3 is 11.9 Å². The molecule has 0 bridgehead atoms. The molecule has 46 heavy (non-hydrogen) atoms. The number of nitrogens with zero attached hydrogens (tertiary/aromatic N) is 2. The molecule has 0 heterocycles. The van der Waals surface area contributed by atoms with Crippen molar-refractivity contribution in [2.75, 3.05) is 14.1 Å². The summed E-state index contributed by atoms with van der Waals surface area (Å²) in [6.45, 7) is 0.166. The second kappa shape index (κ2) is 14.0. The zero-order chi connectivity index (χ0) is 32.8. The molecule has 0 spiro atoms. The topological polar surface area (TPSA) is 134 Å². The van der Waals surface area contributed by atoms with Gasteiger partial charge in [-0.2, -0.15) is 0 Å². The summed E-state index contributed by atoms with van der Waals surface area (Å²) in [5.74, 6) is -7.54. The number of carbonyl (C=O) groups excluding carboxylic acids is 2. The normalized spacial score (nSPS) is 18.5. The Morgan fingerprint density at radius 2 is 0.870 bits per heavy atom. The molecule has 0 saturated heterocycles. The van der Waals surface area contributed by atoms with Crippen molar-refractivity contribution in [3.05, 3.63) is 120 Å². The van der Waals surface area contributed by atoms with Gasteiger partial charge in [0.1, 0.15) is 23.0 Å². The van der Waals surface area contributed by atoms with E-state index < -0.39 is 47.4 Å². The second-order valence-corrected chi connectivity index (χ2v) is 11.3. The molecule has 0 aromatic heterocycles. The number of benzene rings is 4. The smallest absolute Gasteiger partial charge is 0.308 e. The molecule has 1 saturated carbocycles. The largest absolute Gasteiger partial charge is 0.481 e. The molecular formula is C36H34N2O8. The van der Waals surface area contributed by atoms with Gasteiger partial charge in [0.05, 0.1) is 23.7 Å². The fourth-order valence-corrected chi connectivity index (χ4v) is 5.85. The Morgan fingerprint density at radius 1 is 0.522 bits per heavy atom. The van der Waals surface area contributed by atoms with E-state index in [0.717, 1.165) is 0 Å². The highest BCUT2D eigenvalue weighted by Gasteiger charge is 2.64. The van der Waals surface area contributed by atoms with E-state index in [1.807, 2.05) is 60.7 Å². The van der Waals surface area contributed by atoms with E-state index in [-0.39, 0.29) is 13.1 Å². The average molecular weight is 623 g/mol. The van der Waals surface area contributed by atoms with Crippen molar-refractivity contribution >= 4 is 23.8 Å². The van der Waals surface area contributed by atoms with Crippen molar-refractivity contribution in [1.82, 2.24) is 9.80 Å². The first-order valence-electron chi connectivity index (χ1n) is 14.7. The summed E-state index contributed by atoms with van der Waals surface area (Å²) < 4.78 is 11.7. The van der Waals surface area contributed by atoms with Gasteiger partial charge in [0, 0.05) is 27.2 Å². The first-order valence-corrected chi connectivity index (χ1v) is 14.7. The van der Waals surface area contributed by atoms with Crippen LogP contribution in [0.1, 0.15) is 11.1 Å². The highest BCUT2D eigenvalue weighted by Crippen LogP contribution is 2.48. The maximum Gasteiger partial charge on any atom is 0.308 e. The second-order valence-electron chi connectivity index (χ2n) is 11.3. The van der Waals surface area contributed by atoms with E-state index in [1.165, 1.54) is 23.9 Å². The molecule has 2 N–H and O–H groups in total. The summed E-state index contributed by atoms with van der Waals surface area (Å²) in [6, 6.07) is 32.5. The Labute approximate surface area is 266 Å². The van der Waals surface area contributed by atoms with Crippen molar-refractivity contribution < 1.29 is 38.9 Å². The van der Waals surface area contributed by atoms with Gasteiger partial charge in [-0.1, -0.05) is 60.7 Å². The Balaban J connectivity index is 1.27. The van der Waals surface area contributed by atoms with Crippen molar-refractivity contribution in [3.8, 4) is 23.0 Å². The van der Waals surface area contributed by atoms with E-state index in [0.29, 0.717) is 34.1 Å². The Hall–Kier alpha value is -5.64. The van der Waals surface area contributed by atoms with Crippen molar-refractivity contribution in [3.63, 3.8) is 0 Å². The van der Waals surface area contributed by atoms with Crippen LogP contribution in [0.2, 0.25) is 0 Å². The lowest BCUT2D eigenvalue weighted by Crippen LogP contribution is -2.63. The third kappa shape index (κ3) is 7.18. The number of aliphatic carboxylic acids is 2. The van der Waals surface area contributed by atoms with Gasteiger partial charge in [0.25, 0.3) is 0 Å². The molecule has 1 fully saturated rings. The van der Waals surface area contributed by atoms with Crippen LogP contribution in [0, 0.1) is 23.7 Å². The van der Waals surface area contributed by atoms with E-state index in [4.69, 9.17) is 9.47 Å². The molecule has 4 aromatic rings. The summed E-state index contributed by atoms with van der Waals surface area (Å²) in [7, 11) is 2.97. The third-order valence-electron chi connectivity index (χ3n) is 8.03. The predicted octanol–water partition coefficient (Wildman–Crippen LogP) is 5.54. The minimum atomic E-state index is -1.49. The fourth-order valence-electron chi connectivity index (χ4n) is 5.85. The highest BCUT2D eigenvalue weighted by atomic mass is 16.5. The van der Waals surface area contributed by atoms with E-state index in [2.05, 4.69) is 0 Å². The van der Waals surface area contributed by atoms with Crippen LogP contribution in [0.25, 0.3) is 0 Å². The molecule has 1 aliphatic rings. The number of amides is 2. The molecule has 5 rings (SSSR count). The van der Waals surface area contributed by atoms with Crippen molar-refractivity contribution in [1.29, 1.82) is 0 Å². The molecule has 10 heteroatoms. The standard InChI is InChI=1S/C36H34N2O8/c1-37(21-23-11-9-17-27(19-23)45-25-13-5-3-6-14-25)33(39)29-31(35(41)42)30(32(29)36(43)44)34(40)38(2)22-24-12-10-18-28(20-24)46-26-15-7-4-8-16-26/h3-20,29-32H,21-22H2,1-2H3,(H,41,42)(H,43,44). The molecule has 0 unspecified atom stereocenters. The van der Waals surface area contributed by atoms with Gasteiger partial charge in [0.2, 0.25) is 11.8 Å². The molecule has 10 nitrogen and oxygen atoms in total. The minimum Gasteiger partial charge on any atom is -0.481 e. The zero-order valence-electron chi connectivity index (χ0n) is 25.4. The Kier molecular flexibility index (Phi) is 9.66. The minimum absolute atomic E-state index is 0.0832. The molecule has 0 radical (unpaired) electrons. The first kappa shape index (κ1) is 31.8. The Bertz CT molecular complexity index is 1580. The van der Waals surface area contributed by atoms with E-state index in [9.17, 15) is 29.4 Å². The summed E-state index contributed by atoms with van der Waals surface area (Å²) in [6.07, 6.45) is 0. The SMILES string of the molecule is CN(Cc1cccc(Oc2ccccc2)c1)C(=O)C1C(C(=O)O)C(C(=O)N(C)Cc2cccc(Oc3ccccc3)c2)C1C(=O)O. The van der Waals surface area contributed by atoms with Crippen LogP contribution in [0.4, 0.5) is 0 Å². The summed E-state index contributed by atoms with van der Waals surface area (Å²) in [4.78, 5) is 54.6. The summed E-state index contributed by atoms with van der Waals surface area (Å²) in [5.41, 5.74) is 1.40. The number of hydrogen-bond acceptors (Lipinski definition) is 6. The van der Waals surface area contributed by atoms with Gasteiger partial charge in [-0.3, -0.25) is 19.2 Å². The van der Waals surface area contributed by atoms with Gasteiger partial charge in [-0.05, 0) is 59.7 Å². The Morgan fingerprint density at radius 3 is 1.22 bits per heavy atom. The van der Waals surface area contributed by atoms with Crippen LogP contribution >= 0.6 is 0 Å². The van der Waals surface area contributed by atoms with Crippen LogP contribution in [-0.4, -0.2) is 57.9 Å². The number of carboxylic acids is 2. The van der Waals surface area contributed by atoms with Crippen LogP contribution in [0.5, 0.6) is 23.0 Å². The van der Waals surface area contributed by atoms with Crippen LogP contribution in [-0.2, 0) is 32.3 Å². The van der Waals surface area contributed by atoms with Crippen LogP contribution in [0.3, 0.4) is 0 Å². The monoisotopic (exact) mass is 622 g/mol. The number of rotatable bonds is 12. The van der Waals surface area contributed by atoms with E-state index >= 15 is 0 Å². The van der Waals surface area contributed by atoms with Gasteiger partial charge < -0.3 is 29.5 Å². The van der Waals surface area contributed by atoms with Crippen molar-refractivity contribution in [2.45, 2.75) is 13.1 Å². The lowest BCUT2D eigenvalue weighted by atomic mass is 9.55. The fraction of sp³-hybridized carbons (Fsp3) is 0.222. The van der Waals surface area contributed by atoms with Crippen LogP contribution in [0.15, 0.2) is 109 Å². The predicted molar refractivity (Wildman–Crippen MR) is 168 cm³/mol. The van der Waals surface area contributed by atoms with Crippen LogP contribution < -0.4 is 9.47 Å². The van der Waals surface area contributed by atoms with Gasteiger partial charge in [-0.25, -0.2) is 0 Å². The summed E-state index contributed by atoms with van der Waals surface area (Å²) in [5, 5.41) is 20.2. The number of carbonyl (C=O) groups is 4. The molecule has 236 valence electrons. The maximum absolute atomic E-state index is 13.6. The number of para-hydroxylation sites is 2. The lowest BCUT2D eigenvalue weighted by Gasteiger charge is -2.47. The molecule has 0 atom stereocenters. The maximum atomic E-state index is 13.6. The zero-order valence-corrected chi connectivity index (χ0v) is 25.4. The van der Waals surface area contributed by atoms with E-state index in [1.54, 1.807) is 48.5 Å². The summed E-state index contributed by atoms with van der Waals surface area (Å²) >= 11 is 0.